The number of rotatable bonds is 4. The zero-order valence-electron chi connectivity index (χ0n) is 13.9. The predicted molar refractivity (Wildman–Crippen MR) is 95.1 cm³/mol. The van der Waals surface area contributed by atoms with Crippen molar-refractivity contribution in [3.63, 3.8) is 0 Å². The molecule has 6 nitrogen and oxygen atoms in total. The lowest BCUT2D eigenvalue weighted by Crippen LogP contribution is -2.36. The average Bonchev–Trinajstić information content (AvgIpc) is 2.93. The van der Waals surface area contributed by atoms with Crippen molar-refractivity contribution >= 4 is 17.0 Å². The Kier molecular flexibility index (Phi) is 4.13. The third-order valence-electron chi connectivity index (χ3n) is 4.45. The van der Waals surface area contributed by atoms with Crippen LogP contribution in [-0.4, -0.2) is 38.7 Å². The molecule has 0 unspecified atom stereocenters. The van der Waals surface area contributed by atoms with Gasteiger partial charge in [-0.2, -0.15) is 0 Å². The van der Waals surface area contributed by atoms with Gasteiger partial charge in [0.1, 0.15) is 0 Å². The Hall–Kier alpha value is -2.47. The molecule has 2 N–H and O–H groups in total. The number of aromatic nitrogens is 4. The molecule has 0 spiro atoms. The van der Waals surface area contributed by atoms with E-state index in [1.807, 2.05) is 19.2 Å². The van der Waals surface area contributed by atoms with Crippen LogP contribution in [0.5, 0.6) is 0 Å². The molecule has 4 rings (SSSR count). The molecule has 0 bridgehead atoms. The van der Waals surface area contributed by atoms with Crippen molar-refractivity contribution in [3.05, 3.63) is 48.0 Å². The molecule has 24 heavy (non-hydrogen) atoms. The van der Waals surface area contributed by atoms with Gasteiger partial charge in [0.25, 0.3) is 0 Å². The molecule has 0 atom stereocenters. The van der Waals surface area contributed by atoms with Crippen molar-refractivity contribution in [2.45, 2.75) is 32.4 Å². The van der Waals surface area contributed by atoms with Crippen LogP contribution < -0.4 is 10.6 Å². The molecule has 1 aliphatic heterocycles. The molecule has 6 heteroatoms. The molecular formula is C18H22N6. The molecule has 0 amide bonds. The lowest BCUT2D eigenvalue weighted by atomic mass is 10.1. The number of benzene rings is 1. The third-order valence-corrected chi connectivity index (χ3v) is 4.45. The van der Waals surface area contributed by atoms with Crippen LogP contribution in [0.2, 0.25) is 0 Å². The highest BCUT2D eigenvalue weighted by molar-refractivity contribution is 5.78. The van der Waals surface area contributed by atoms with Crippen molar-refractivity contribution in [1.82, 2.24) is 24.8 Å². The Morgan fingerprint density at radius 1 is 1.17 bits per heavy atom. The number of hydrogen-bond acceptors (Lipinski definition) is 5. The molecule has 0 saturated carbocycles. The second kappa shape index (κ2) is 6.57. The fraction of sp³-hybridized carbons (Fsp3) is 0.389. The van der Waals surface area contributed by atoms with Crippen LogP contribution in [0.3, 0.4) is 0 Å². The van der Waals surface area contributed by atoms with Gasteiger partial charge in [0.05, 0.1) is 35.2 Å². The number of hydrogen-bond donors (Lipinski definition) is 2. The van der Waals surface area contributed by atoms with Crippen molar-refractivity contribution in [2.24, 2.45) is 0 Å². The number of nitrogens with one attached hydrogen (secondary N) is 2. The average molecular weight is 322 g/mol. The number of anilines is 1. The number of fused-ring (bicyclic) bond motifs is 1. The van der Waals surface area contributed by atoms with Crippen LogP contribution in [0.15, 0.2) is 36.7 Å². The van der Waals surface area contributed by atoms with E-state index >= 15 is 0 Å². The Morgan fingerprint density at radius 2 is 2.00 bits per heavy atom. The molecule has 1 aliphatic rings. The predicted octanol–water partition coefficient (Wildman–Crippen LogP) is 2.35. The highest BCUT2D eigenvalue weighted by Crippen LogP contribution is 2.22. The first-order valence-corrected chi connectivity index (χ1v) is 8.49. The second-order valence-corrected chi connectivity index (χ2v) is 6.33. The number of para-hydroxylation sites is 2. The first-order valence-electron chi connectivity index (χ1n) is 8.49. The highest BCUT2D eigenvalue weighted by atomic mass is 15.2. The summed E-state index contributed by atoms with van der Waals surface area (Å²) in [6.45, 7) is 4.75. The minimum Gasteiger partial charge on any atom is -0.353 e. The van der Waals surface area contributed by atoms with E-state index in [0.717, 1.165) is 54.3 Å². The van der Waals surface area contributed by atoms with Crippen molar-refractivity contribution in [1.29, 1.82) is 0 Å². The topological polar surface area (TPSA) is 67.7 Å². The van der Waals surface area contributed by atoms with Crippen LogP contribution in [0.4, 0.5) is 5.95 Å². The third kappa shape index (κ3) is 3.10. The first-order chi connectivity index (χ1) is 11.8. The van der Waals surface area contributed by atoms with E-state index in [1.165, 1.54) is 0 Å². The van der Waals surface area contributed by atoms with Gasteiger partial charge < -0.3 is 15.2 Å². The maximum atomic E-state index is 4.81. The molecule has 3 heterocycles. The van der Waals surface area contributed by atoms with Gasteiger partial charge in [0.15, 0.2) is 0 Å². The van der Waals surface area contributed by atoms with Gasteiger partial charge in [0.2, 0.25) is 5.95 Å². The smallest absolute Gasteiger partial charge is 0.204 e. The number of nitrogens with zero attached hydrogens (tertiary/aromatic N) is 4. The largest absolute Gasteiger partial charge is 0.353 e. The van der Waals surface area contributed by atoms with E-state index in [1.54, 1.807) is 6.20 Å². The van der Waals surface area contributed by atoms with Gasteiger partial charge >= 0.3 is 0 Å². The summed E-state index contributed by atoms with van der Waals surface area (Å²) >= 11 is 0. The fourth-order valence-corrected chi connectivity index (χ4v) is 3.25. The Balaban J connectivity index is 1.69. The Morgan fingerprint density at radius 3 is 2.83 bits per heavy atom. The fourth-order valence-electron chi connectivity index (χ4n) is 3.25. The van der Waals surface area contributed by atoms with Crippen LogP contribution in [0, 0.1) is 6.92 Å². The van der Waals surface area contributed by atoms with Crippen molar-refractivity contribution in [2.75, 3.05) is 18.4 Å². The molecule has 1 saturated heterocycles. The van der Waals surface area contributed by atoms with Crippen LogP contribution >= 0.6 is 0 Å². The molecule has 2 aromatic heterocycles. The monoisotopic (exact) mass is 322 g/mol. The van der Waals surface area contributed by atoms with E-state index in [-0.39, 0.29) is 0 Å². The summed E-state index contributed by atoms with van der Waals surface area (Å²) in [7, 11) is 0. The molecule has 0 radical (unpaired) electrons. The normalized spacial score (nSPS) is 15.7. The zero-order valence-corrected chi connectivity index (χ0v) is 13.9. The molecule has 1 aromatic carbocycles. The van der Waals surface area contributed by atoms with Gasteiger partial charge in [-0.15, -0.1) is 0 Å². The summed E-state index contributed by atoms with van der Waals surface area (Å²) in [5.74, 6) is 0.923. The molecule has 3 aromatic rings. The zero-order chi connectivity index (χ0) is 16.4. The number of imidazole rings is 1. The lowest BCUT2D eigenvalue weighted by molar-refractivity contribution is 0.475. The van der Waals surface area contributed by atoms with E-state index < -0.39 is 0 Å². The van der Waals surface area contributed by atoms with Gasteiger partial charge in [-0.1, -0.05) is 12.1 Å². The summed E-state index contributed by atoms with van der Waals surface area (Å²) in [4.78, 5) is 13.7. The van der Waals surface area contributed by atoms with Crippen LogP contribution in [-0.2, 0) is 6.54 Å². The Bertz CT molecular complexity index is 834. The standard InChI is InChI=1S/C18H22N6/c1-13-10-20-11-15(21-13)12-24-17-5-3-2-4-16(17)23-18(24)22-14-6-8-19-9-7-14/h2-5,10-11,14,19H,6-9,12H2,1H3,(H,22,23). The Labute approximate surface area is 141 Å². The van der Waals surface area contributed by atoms with E-state index in [9.17, 15) is 0 Å². The first kappa shape index (κ1) is 15.1. The minimum absolute atomic E-state index is 0.463. The van der Waals surface area contributed by atoms with Crippen molar-refractivity contribution < 1.29 is 0 Å². The maximum Gasteiger partial charge on any atom is 0.204 e. The SMILES string of the molecule is Cc1cncc(Cn2c(NC3CCNCC3)nc3ccccc32)n1. The summed E-state index contributed by atoms with van der Waals surface area (Å²) in [5.41, 5.74) is 4.02. The maximum absolute atomic E-state index is 4.81. The minimum atomic E-state index is 0.463. The van der Waals surface area contributed by atoms with Gasteiger partial charge in [0, 0.05) is 12.2 Å². The van der Waals surface area contributed by atoms with Gasteiger partial charge in [-0.05, 0) is 45.0 Å². The molecular weight excluding hydrogens is 300 g/mol. The molecule has 1 fully saturated rings. The highest BCUT2D eigenvalue weighted by Gasteiger charge is 2.17. The van der Waals surface area contributed by atoms with Crippen LogP contribution in [0.1, 0.15) is 24.2 Å². The number of aryl methyl sites for hydroxylation is 1. The van der Waals surface area contributed by atoms with Gasteiger partial charge in [-0.3, -0.25) is 9.97 Å². The second-order valence-electron chi connectivity index (χ2n) is 6.33. The van der Waals surface area contributed by atoms with E-state index in [0.29, 0.717) is 12.6 Å². The number of piperidine rings is 1. The molecule has 0 aliphatic carbocycles. The van der Waals surface area contributed by atoms with Crippen LogP contribution in [0.25, 0.3) is 11.0 Å². The van der Waals surface area contributed by atoms with E-state index in [4.69, 9.17) is 4.98 Å². The van der Waals surface area contributed by atoms with Gasteiger partial charge in [-0.25, -0.2) is 4.98 Å². The van der Waals surface area contributed by atoms with E-state index in [2.05, 4.69) is 43.4 Å². The summed E-state index contributed by atoms with van der Waals surface area (Å²) in [6.07, 6.45) is 5.85. The summed E-state index contributed by atoms with van der Waals surface area (Å²) in [5, 5.41) is 7.04. The summed E-state index contributed by atoms with van der Waals surface area (Å²) in [6, 6.07) is 8.71. The summed E-state index contributed by atoms with van der Waals surface area (Å²) < 4.78 is 2.21. The lowest BCUT2D eigenvalue weighted by Gasteiger charge is -2.24. The quantitative estimate of drug-likeness (QED) is 0.772. The van der Waals surface area contributed by atoms with Crippen molar-refractivity contribution in [3.8, 4) is 0 Å². The molecule has 124 valence electrons.